The summed E-state index contributed by atoms with van der Waals surface area (Å²) in [6.07, 6.45) is 5.85. The van der Waals surface area contributed by atoms with Crippen molar-refractivity contribution in [2.75, 3.05) is 13.2 Å². The van der Waals surface area contributed by atoms with E-state index in [0.29, 0.717) is 12.5 Å². The summed E-state index contributed by atoms with van der Waals surface area (Å²) in [5.41, 5.74) is 1.01. The van der Waals surface area contributed by atoms with E-state index in [4.69, 9.17) is 4.74 Å². The van der Waals surface area contributed by atoms with Gasteiger partial charge >= 0.3 is 0 Å². The van der Waals surface area contributed by atoms with Crippen molar-refractivity contribution in [3.8, 4) is 0 Å². The zero-order valence-corrected chi connectivity index (χ0v) is 11.1. The minimum absolute atomic E-state index is 0.391. The van der Waals surface area contributed by atoms with Crippen molar-refractivity contribution in [3.05, 3.63) is 24.0 Å². The molecule has 0 saturated carbocycles. The zero-order chi connectivity index (χ0) is 13.1. The van der Waals surface area contributed by atoms with E-state index in [-0.39, 0.29) is 0 Å². The molecule has 0 radical (unpaired) electrons. The largest absolute Gasteiger partial charge is 0.381 e. The Bertz CT molecular complexity index is 528. The molecule has 7 nitrogen and oxygen atoms in total. The van der Waals surface area contributed by atoms with Gasteiger partial charge in [-0.05, 0) is 12.8 Å². The maximum absolute atomic E-state index is 5.37. The van der Waals surface area contributed by atoms with Crippen LogP contribution in [-0.2, 0) is 17.8 Å². The van der Waals surface area contributed by atoms with Crippen LogP contribution in [-0.4, -0.2) is 43.0 Å². The second kappa shape index (κ2) is 5.48. The standard InChI is InChI=1S/C12H18N6O/c1-2-4-17-9-13-15-12(17)7-18-6-11(14-16-18)10-3-5-19-8-10/h6,9-10H,2-5,7-8H2,1H3/t10-/m0/s1. The van der Waals surface area contributed by atoms with Gasteiger partial charge < -0.3 is 9.30 Å². The van der Waals surface area contributed by atoms with Crippen LogP contribution in [0, 0.1) is 0 Å². The number of hydrogen-bond acceptors (Lipinski definition) is 5. The topological polar surface area (TPSA) is 70.7 Å². The van der Waals surface area contributed by atoms with Crippen LogP contribution >= 0.6 is 0 Å². The van der Waals surface area contributed by atoms with E-state index >= 15 is 0 Å². The molecule has 0 spiro atoms. The Balaban J connectivity index is 1.70. The Morgan fingerprint density at radius 1 is 1.42 bits per heavy atom. The van der Waals surface area contributed by atoms with Crippen LogP contribution in [0.15, 0.2) is 12.5 Å². The normalized spacial score (nSPS) is 19.1. The third-order valence-electron chi connectivity index (χ3n) is 3.37. The molecule has 1 saturated heterocycles. The molecule has 0 amide bonds. The maximum atomic E-state index is 5.37. The average molecular weight is 262 g/mol. The first-order valence-corrected chi connectivity index (χ1v) is 6.71. The van der Waals surface area contributed by atoms with Crippen LogP contribution in [0.1, 0.15) is 37.2 Å². The van der Waals surface area contributed by atoms with E-state index in [1.807, 2.05) is 10.9 Å². The molecule has 0 aliphatic carbocycles. The molecule has 1 aliphatic heterocycles. The fourth-order valence-electron chi connectivity index (χ4n) is 2.32. The molecule has 3 heterocycles. The summed E-state index contributed by atoms with van der Waals surface area (Å²) in [6.45, 7) is 5.26. The first-order chi connectivity index (χ1) is 9.36. The van der Waals surface area contributed by atoms with Gasteiger partial charge in [0.2, 0.25) is 0 Å². The van der Waals surface area contributed by atoms with E-state index in [1.165, 1.54) is 0 Å². The van der Waals surface area contributed by atoms with Crippen molar-refractivity contribution in [3.63, 3.8) is 0 Å². The molecule has 0 aromatic carbocycles. The third-order valence-corrected chi connectivity index (χ3v) is 3.37. The molecule has 102 valence electrons. The summed E-state index contributed by atoms with van der Waals surface area (Å²) in [6, 6.07) is 0. The number of hydrogen-bond donors (Lipinski definition) is 0. The van der Waals surface area contributed by atoms with Gasteiger partial charge in [-0.25, -0.2) is 4.68 Å². The van der Waals surface area contributed by atoms with Gasteiger partial charge in [-0.15, -0.1) is 15.3 Å². The van der Waals surface area contributed by atoms with Crippen LogP contribution in [0.2, 0.25) is 0 Å². The first-order valence-electron chi connectivity index (χ1n) is 6.71. The number of rotatable bonds is 5. The molecule has 7 heteroatoms. The van der Waals surface area contributed by atoms with Gasteiger partial charge in [-0.3, -0.25) is 0 Å². The molecule has 1 atom stereocenters. The number of ether oxygens (including phenoxy) is 1. The van der Waals surface area contributed by atoms with Crippen molar-refractivity contribution < 1.29 is 4.74 Å². The Kier molecular flexibility index (Phi) is 3.54. The SMILES string of the molecule is CCCn1cnnc1Cn1cc([C@H]2CCOC2)nn1. The van der Waals surface area contributed by atoms with Gasteiger partial charge in [0, 0.05) is 25.3 Å². The van der Waals surface area contributed by atoms with Crippen molar-refractivity contribution in [1.82, 2.24) is 29.8 Å². The lowest BCUT2D eigenvalue weighted by molar-refractivity contribution is 0.193. The van der Waals surface area contributed by atoms with Crippen LogP contribution in [0.25, 0.3) is 0 Å². The molecule has 0 unspecified atom stereocenters. The van der Waals surface area contributed by atoms with Crippen LogP contribution < -0.4 is 0 Å². The second-order valence-corrected chi connectivity index (χ2v) is 4.84. The van der Waals surface area contributed by atoms with Crippen molar-refractivity contribution in [2.45, 2.75) is 38.8 Å². The van der Waals surface area contributed by atoms with Crippen molar-refractivity contribution in [1.29, 1.82) is 0 Å². The fraction of sp³-hybridized carbons (Fsp3) is 0.667. The van der Waals surface area contributed by atoms with Crippen LogP contribution in [0.3, 0.4) is 0 Å². The van der Waals surface area contributed by atoms with E-state index in [9.17, 15) is 0 Å². The highest BCUT2D eigenvalue weighted by Crippen LogP contribution is 2.22. The maximum Gasteiger partial charge on any atom is 0.154 e. The molecule has 3 rings (SSSR count). The van der Waals surface area contributed by atoms with Gasteiger partial charge in [0.15, 0.2) is 5.82 Å². The zero-order valence-electron chi connectivity index (χ0n) is 11.1. The summed E-state index contributed by atoms with van der Waals surface area (Å²) in [5, 5.41) is 16.5. The average Bonchev–Trinajstić information content (AvgIpc) is 3.12. The molecule has 0 bridgehead atoms. The monoisotopic (exact) mass is 262 g/mol. The lowest BCUT2D eigenvalue weighted by atomic mass is 10.1. The Morgan fingerprint density at radius 3 is 3.16 bits per heavy atom. The van der Waals surface area contributed by atoms with Crippen molar-refractivity contribution in [2.24, 2.45) is 0 Å². The van der Waals surface area contributed by atoms with E-state index in [2.05, 4.69) is 32.0 Å². The molecule has 19 heavy (non-hydrogen) atoms. The molecular formula is C12H18N6O. The predicted octanol–water partition coefficient (Wildman–Crippen LogP) is 0.832. The molecule has 1 aliphatic rings. The van der Waals surface area contributed by atoms with E-state index < -0.39 is 0 Å². The van der Waals surface area contributed by atoms with Gasteiger partial charge in [0.1, 0.15) is 12.9 Å². The molecule has 1 fully saturated rings. The highest BCUT2D eigenvalue weighted by Gasteiger charge is 2.21. The Labute approximate surface area is 111 Å². The first kappa shape index (κ1) is 12.3. The highest BCUT2D eigenvalue weighted by molar-refractivity contribution is 5.04. The highest BCUT2D eigenvalue weighted by atomic mass is 16.5. The quantitative estimate of drug-likeness (QED) is 0.798. The summed E-state index contributed by atoms with van der Waals surface area (Å²) < 4.78 is 9.25. The summed E-state index contributed by atoms with van der Waals surface area (Å²) in [7, 11) is 0. The van der Waals surface area contributed by atoms with Crippen LogP contribution in [0.4, 0.5) is 0 Å². The lowest BCUT2D eigenvalue weighted by Crippen LogP contribution is -2.09. The molecular weight excluding hydrogens is 244 g/mol. The second-order valence-electron chi connectivity index (χ2n) is 4.84. The molecule has 0 N–H and O–H groups in total. The summed E-state index contributed by atoms with van der Waals surface area (Å²) in [5.74, 6) is 1.31. The number of aromatic nitrogens is 6. The minimum Gasteiger partial charge on any atom is -0.381 e. The van der Waals surface area contributed by atoms with E-state index in [1.54, 1.807) is 6.33 Å². The number of aryl methyl sites for hydroxylation is 1. The lowest BCUT2D eigenvalue weighted by Gasteiger charge is -2.04. The predicted molar refractivity (Wildman–Crippen MR) is 67.6 cm³/mol. The van der Waals surface area contributed by atoms with Gasteiger partial charge in [0.05, 0.1) is 12.3 Å². The molecule has 2 aromatic heterocycles. The van der Waals surface area contributed by atoms with Crippen molar-refractivity contribution >= 4 is 0 Å². The van der Waals surface area contributed by atoms with Gasteiger partial charge in [-0.1, -0.05) is 12.1 Å². The summed E-state index contributed by atoms with van der Waals surface area (Å²) >= 11 is 0. The van der Waals surface area contributed by atoms with Gasteiger partial charge in [-0.2, -0.15) is 0 Å². The van der Waals surface area contributed by atoms with E-state index in [0.717, 1.165) is 44.1 Å². The molecule has 2 aromatic rings. The summed E-state index contributed by atoms with van der Waals surface area (Å²) in [4.78, 5) is 0. The Morgan fingerprint density at radius 2 is 2.37 bits per heavy atom. The minimum atomic E-state index is 0.391. The third kappa shape index (κ3) is 2.65. The fourth-order valence-corrected chi connectivity index (χ4v) is 2.32. The Hall–Kier alpha value is -1.76. The number of nitrogens with zero attached hydrogens (tertiary/aromatic N) is 6. The smallest absolute Gasteiger partial charge is 0.154 e. The van der Waals surface area contributed by atoms with Gasteiger partial charge in [0.25, 0.3) is 0 Å². The van der Waals surface area contributed by atoms with Crippen LogP contribution in [0.5, 0.6) is 0 Å².